The first-order valence-electron chi connectivity index (χ1n) is 7.48. The van der Waals surface area contributed by atoms with Crippen molar-refractivity contribution in [2.45, 2.75) is 38.1 Å². The molecule has 1 aromatic heterocycles. The molecule has 3 rings (SSSR count). The maximum Gasteiger partial charge on any atom is 0.258 e. The average Bonchev–Trinajstić information content (AvgIpc) is 2.93. The highest BCUT2D eigenvalue weighted by molar-refractivity contribution is 6.32. The van der Waals surface area contributed by atoms with Crippen LogP contribution in [-0.4, -0.2) is 47.3 Å². The number of likely N-dealkylation sites (tertiary alicyclic amines) is 2. The van der Waals surface area contributed by atoms with Gasteiger partial charge in [0.15, 0.2) is 0 Å². The fourth-order valence-corrected chi connectivity index (χ4v) is 3.42. The van der Waals surface area contributed by atoms with Gasteiger partial charge in [-0.1, -0.05) is 0 Å². The molecule has 5 nitrogen and oxygen atoms in total. The fraction of sp³-hybridized carbons (Fsp3) is 0.600. The second-order valence-corrected chi connectivity index (χ2v) is 6.04. The molecule has 21 heavy (non-hydrogen) atoms. The molecule has 6 heteroatoms. The minimum Gasteiger partial charge on any atom is -0.452 e. The van der Waals surface area contributed by atoms with Crippen LogP contribution in [0.1, 0.15) is 42.5 Å². The number of hydrogen-bond donors (Lipinski definition) is 0. The molecule has 2 aliphatic rings. The number of carbonyl (C=O) groups is 2. The SMILES string of the molecule is O=C(c1ccoc1Cl)N1CCCC(N2CCCCC2=O)C1. The molecule has 0 aliphatic carbocycles. The second kappa shape index (κ2) is 6.10. The van der Waals surface area contributed by atoms with Crippen molar-refractivity contribution >= 4 is 23.4 Å². The lowest BCUT2D eigenvalue weighted by molar-refractivity contribution is -0.136. The predicted molar refractivity (Wildman–Crippen MR) is 78.2 cm³/mol. The molecule has 1 unspecified atom stereocenters. The molecule has 3 heterocycles. The molecule has 1 atom stereocenters. The molecular formula is C15H19ClN2O3. The van der Waals surface area contributed by atoms with Crippen LogP contribution in [0.25, 0.3) is 0 Å². The summed E-state index contributed by atoms with van der Waals surface area (Å²) in [4.78, 5) is 28.3. The van der Waals surface area contributed by atoms with E-state index in [2.05, 4.69) is 0 Å². The highest BCUT2D eigenvalue weighted by atomic mass is 35.5. The lowest BCUT2D eigenvalue weighted by Gasteiger charge is -2.41. The number of halogens is 1. The van der Waals surface area contributed by atoms with Gasteiger partial charge in [0.25, 0.3) is 5.91 Å². The Morgan fingerprint density at radius 1 is 1.29 bits per heavy atom. The Morgan fingerprint density at radius 2 is 2.14 bits per heavy atom. The minimum atomic E-state index is -0.108. The molecule has 2 saturated heterocycles. The van der Waals surface area contributed by atoms with Gasteiger partial charge in [-0.3, -0.25) is 9.59 Å². The summed E-state index contributed by atoms with van der Waals surface area (Å²) in [5.41, 5.74) is 0.405. The van der Waals surface area contributed by atoms with Crippen LogP contribution in [0, 0.1) is 0 Å². The lowest BCUT2D eigenvalue weighted by Crippen LogP contribution is -2.52. The van der Waals surface area contributed by atoms with E-state index >= 15 is 0 Å². The maximum absolute atomic E-state index is 12.5. The average molecular weight is 311 g/mol. The molecule has 114 valence electrons. The summed E-state index contributed by atoms with van der Waals surface area (Å²) in [6.07, 6.45) is 5.98. The third-order valence-electron chi connectivity index (χ3n) is 4.33. The zero-order chi connectivity index (χ0) is 14.8. The standard InChI is InChI=1S/C15H19ClN2O3/c16-14-12(6-9-21-14)15(20)17-7-3-4-11(10-17)18-8-2-1-5-13(18)19/h6,9,11H,1-5,7-8,10H2. The first-order chi connectivity index (χ1) is 10.2. The topological polar surface area (TPSA) is 53.8 Å². The van der Waals surface area contributed by atoms with E-state index in [0.717, 1.165) is 32.2 Å². The molecule has 0 aromatic carbocycles. The lowest BCUT2D eigenvalue weighted by atomic mass is 10.00. The van der Waals surface area contributed by atoms with E-state index in [0.29, 0.717) is 25.1 Å². The smallest absolute Gasteiger partial charge is 0.258 e. The molecule has 2 amide bonds. The van der Waals surface area contributed by atoms with Crippen LogP contribution in [0.5, 0.6) is 0 Å². The van der Waals surface area contributed by atoms with Gasteiger partial charge in [0.05, 0.1) is 11.8 Å². The molecule has 0 radical (unpaired) electrons. The minimum absolute atomic E-state index is 0.108. The van der Waals surface area contributed by atoms with Gasteiger partial charge in [-0.15, -0.1) is 0 Å². The molecule has 0 saturated carbocycles. The summed E-state index contributed by atoms with van der Waals surface area (Å²) in [6.45, 7) is 2.11. The van der Waals surface area contributed by atoms with Crippen molar-refractivity contribution in [2.75, 3.05) is 19.6 Å². The Bertz CT molecular complexity index is 543. The first-order valence-corrected chi connectivity index (χ1v) is 7.86. The van der Waals surface area contributed by atoms with E-state index in [-0.39, 0.29) is 23.1 Å². The van der Waals surface area contributed by atoms with E-state index in [1.54, 1.807) is 11.0 Å². The Labute approximate surface area is 128 Å². The molecule has 0 spiro atoms. The predicted octanol–water partition coefficient (Wildman–Crippen LogP) is 2.55. The van der Waals surface area contributed by atoms with Crippen molar-refractivity contribution in [2.24, 2.45) is 0 Å². The molecule has 2 fully saturated rings. The van der Waals surface area contributed by atoms with Gasteiger partial charge < -0.3 is 14.2 Å². The normalized spacial score (nSPS) is 23.5. The van der Waals surface area contributed by atoms with Crippen LogP contribution < -0.4 is 0 Å². The molecule has 0 bridgehead atoms. The highest BCUT2D eigenvalue weighted by Crippen LogP contribution is 2.24. The zero-order valence-corrected chi connectivity index (χ0v) is 12.6. The van der Waals surface area contributed by atoms with Gasteiger partial charge in [0.1, 0.15) is 0 Å². The molecule has 2 aliphatic heterocycles. The van der Waals surface area contributed by atoms with E-state index in [1.807, 2.05) is 4.90 Å². The van der Waals surface area contributed by atoms with Crippen LogP contribution >= 0.6 is 11.6 Å². The Balaban J connectivity index is 1.69. The third kappa shape index (κ3) is 2.93. The van der Waals surface area contributed by atoms with E-state index in [4.69, 9.17) is 16.0 Å². The van der Waals surface area contributed by atoms with E-state index < -0.39 is 0 Å². The van der Waals surface area contributed by atoms with Gasteiger partial charge >= 0.3 is 0 Å². The largest absolute Gasteiger partial charge is 0.452 e. The van der Waals surface area contributed by atoms with Crippen LogP contribution in [0.2, 0.25) is 5.22 Å². The number of carbonyl (C=O) groups excluding carboxylic acids is 2. The van der Waals surface area contributed by atoms with E-state index in [1.165, 1.54) is 6.26 Å². The Hall–Kier alpha value is -1.49. The summed E-state index contributed by atoms with van der Waals surface area (Å²) >= 11 is 5.88. The number of furan rings is 1. The van der Waals surface area contributed by atoms with Crippen molar-refractivity contribution in [1.82, 2.24) is 9.80 Å². The number of piperidine rings is 2. The van der Waals surface area contributed by atoms with Crippen LogP contribution in [-0.2, 0) is 4.79 Å². The van der Waals surface area contributed by atoms with Crippen molar-refractivity contribution < 1.29 is 14.0 Å². The highest BCUT2D eigenvalue weighted by Gasteiger charge is 2.32. The van der Waals surface area contributed by atoms with Crippen molar-refractivity contribution in [3.05, 3.63) is 23.1 Å². The first kappa shape index (κ1) is 14.4. The summed E-state index contributed by atoms with van der Waals surface area (Å²) in [5.74, 6) is 0.116. The zero-order valence-electron chi connectivity index (χ0n) is 11.9. The fourth-order valence-electron chi connectivity index (χ4n) is 3.22. The number of hydrogen-bond acceptors (Lipinski definition) is 3. The van der Waals surface area contributed by atoms with Gasteiger partial charge in [-0.2, -0.15) is 0 Å². The van der Waals surface area contributed by atoms with Crippen LogP contribution in [0.4, 0.5) is 0 Å². The second-order valence-electron chi connectivity index (χ2n) is 5.70. The molecule has 0 N–H and O–H groups in total. The maximum atomic E-state index is 12.5. The summed E-state index contributed by atoms with van der Waals surface area (Å²) in [6, 6.07) is 1.74. The van der Waals surface area contributed by atoms with Crippen LogP contribution in [0.15, 0.2) is 16.7 Å². The van der Waals surface area contributed by atoms with Crippen molar-refractivity contribution in [1.29, 1.82) is 0 Å². The van der Waals surface area contributed by atoms with Crippen molar-refractivity contribution in [3.8, 4) is 0 Å². The summed E-state index contributed by atoms with van der Waals surface area (Å²) in [7, 11) is 0. The number of amides is 2. The van der Waals surface area contributed by atoms with Gasteiger partial charge in [0, 0.05) is 32.1 Å². The third-order valence-corrected chi connectivity index (χ3v) is 4.63. The quantitative estimate of drug-likeness (QED) is 0.843. The van der Waals surface area contributed by atoms with Gasteiger partial charge in [0.2, 0.25) is 11.1 Å². The van der Waals surface area contributed by atoms with E-state index in [9.17, 15) is 9.59 Å². The Kier molecular flexibility index (Phi) is 4.19. The summed E-state index contributed by atoms with van der Waals surface area (Å²) < 4.78 is 4.99. The monoisotopic (exact) mass is 310 g/mol. The van der Waals surface area contributed by atoms with Gasteiger partial charge in [-0.25, -0.2) is 0 Å². The summed E-state index contributed by atoms with van der Waals surface area (Å²) in [5, 5.41) is 0.135. The van der Waals surface area contributed by atoms with Crippen LogP contribution in [0.3, 0.4) is 0 Å². The Morgan fingerprint density at radius 3 is 2.86 bits per heavy atom. The van der Waals surface area contributed by atoms with Gasteiger partial charge in [-0.05, 0) is 43.4 Å². The number of rotatable bonds is 2. The molecule has 1 aromatic rings. The molecular weight excluding hydrogens is 292 g/mol. The van der Waals surface area contributed by atoms with Crippen molar-refractivity contribution in [3.63, 3.8) is 0 Å². The number of nitrogens with zero attached hydrogens (tertiary/aromatic N) is 2.